The molecule has 0 saturated carbocycles. The Morgan fingerprint density at radius 2 is 2.22 bits per heavy atom. The van der Waals surface area contributed by atoms with E-state index in [4.69, 9.17) is 5.73 Å². The lowest BCUT2D eigenvalue weighted by Gasteiger charge is -2.27. The van der Waals surface area contributed by atoms with Crippen molar-refractivity contribution in [2.24, 2.45) is 5.92 Å². The van der Waals surface area contributed by atoms with Gasteiger partial charge in [0.1, 0.15) is 0 Å². The van der Waals surface area contributed by atoms with E-state index in [1.807, 2.05) is 35.7 Å². The topological polar surface area (TPSA) is 75.4 Å². The number of benzene rings is 1. The van der Waals surface area contributed by atoms with Gasteiger partial charge in [-0.15, -0.1) is 11.3 Å². The van der Waals surface area contributed by atoms with E-state index in [9.17, 15) is 9.59 Å². The molecular formula is C17H19N3O2S. The van der Waals surface area contributed by atoms with Crippen LogP contribution in [-0.4, -0.2) is 25.4 Å². The van der Waals surface area contributed by atoms with Gasteiger partial charge in [-0.3, -0.25) is 9.59 Å². The van der Waals surface area contributed by atoms with Gasteiger partial charge in [-0.05, 0) is 35.6 Å². The Hall–Kier alpha value is -2.34. The highest BCUT2D eigenvalue weighted by molar-refractivity contribution is 7.13. The third-order valence-electron chi connectivity index (χ3n) is 4.12. The molecule has 0 aliphatic carbocycles. The highest BCUT2D eigenvalue weighted by atomic mass is 32.1. The van der Waals surface area contributed by atoms with Gasteiger partial charge in [-0.2, -0.15) is 0 Å². The molecule has 1 aromatic carbocycles. The second-order valence-electron chi connectivity index (χ2n) is 5.69. The molecular weight excluding hydrogens is 310 g/mol. The van der Waals surface area contributed by atoms with E-state index in [0.717, 1.165) is 10.4 Å². The number of nitrogens with two attached hydrogens (primary N) is 1. The molecule has 3 rings (SSSR count). The summed E-state index contributed by atoms with van der Waals surface area (Å²) in [5.41, 5.74) is 8.35. The quantitative estimate of drug-likeness (QED) is 0.850. The van der Waals surface area contributed by atoms with Gasteiger partial charge in [0.25, 0.3) is 0 Å². The predicted octanol–water partition coefficient (Wildman–Crippen LogP) is 2.49. The van der Waals surface area contributed by atoms with Crippen LogP contribution in [-0.2, 0) is 9.59 Å². The molecule has 2 amide bonds. The van der Waals surface area contributed by atoms with Crippen molar-refractivity contribution in [1.82, 2.24) is 5.32 Å². The number of piperidine rings is 1. The van der Waals surface area contributed by atoms with Crippen LogP contribution in [0.1, 0.15) is 12.8 Å². The summed E-state index contributed by atoms with van der Waals surface area (Å²) in [5, 5.41) is 4.77. The second kappa shape index (κ2) is 6.42. The molecule has 1 aromatic heterocycles. The average Bonchev–Trinajstić information content (AvgIpc) is 3.08. The van der Waals surface area contributed by atoms with Gasteiger partial charge in [-0.1, -0.05) is 12.1 Å². The lowest BCUT2D eigenvalue weighted by atomic mass is 9.95. The van der Waals surface area contributed by atoms with Crippen molar-refractivity contribution in [2.75, 3.05) is 24.2 Å². The van der Waals surface area contributed by atoms with Crippen LogP contribution < -0.4 is 16.0 Å². The van der Waals surface area contributed by atoms with E-state index < -0.39 is 0 Å². The summed E-state index contributed by atoms with van der Waals surface area (Å²) in [6.07, 6.45) is 0.910. The molecule has 0 radical (unpaired) electrons. The number of amides is 2. The van der Waals surface area contributed by atoms with Gasteiger partial charge in [0.2, 0.25) is 11.8 Å². The zero-order valence-electron chi connectivity index (χ0n) is 12.9. The molecule has 6 heteroatoms. The fourth-order valence-corrected chi connectivity index (χ4v) is 3.54. The molecule has 2 aromatic rings. The molecule has 1 fully saturated rings. The van der Waals surface area contributed by atoms with E-state index in [-0.39, 0.29) is 24.2 Å². The summed E-state index contributed by atoms with van der Waals surface area (Å²) in [7, 11) is 1.72. The van der Waals surface area contributed by atoms with Crippen molar-refractivity contribution >= 4 is 34.5 Å². The SMILES string of the molecule is CN(C(=O)C1CCNC(=O)C1)c1cc(-c2cccs2)ccc1N. The van der Waals surface area contributed by atoms with Crippen molar-refractivity contribution in [3.8, 4) is 10.4 Å². The van der Waals surface area contributed by atoms with Crippen LogP contribution in [0.15, 0.2) is 35.7 Å². The van der Waals surface area contributed by atoms with E-state index >= 15 is 0 Å². The van der Waals surface area contributed by atoms with Gasteiger partial charge < -0.3 is 16.0 Å². The van der Waals surface area contributed by atoms with Gasteiger partial charge in [0.05, 0.1) is 11.4 Å². The van der Waals surface area contributed by atoms with Crippen LogP contribution in [0.4, 0.5) is 11.4 Å². The van der Waals surface area contributed by atoms with Gasteiger partial charge >= 0.3 is 0 Å². The standard InChI is InChI=1S/C17H19N3O2S/c1-20(17(22)12-6-7-19-16(21)10-12)14-9-11(4-5-13(14)18)15-3-2-8-23-15/h2-5,8-9,12H,6-7,10,18H2,1H3,(H,19,21). The number of carbonyl (C=O) groups excluding carboxylic acids is 2. The number of hydrogen-bond acceptors (Lipinski definition) is 4. The zero-order chi connectivity index (χ0) is 16.4. The van der Waals surface area contributed by atoms with Crippen LogP contribution >= 0.6 is 11.3 Å². The number of carbonyl (C=O) groups is 2. The lowest BCUT2D eigenvalue weighted by Crippen LogP contribution is -2.42. The maximum Gasteiger partial charge on any atom is 0.230 e. The summed E-state index contributed by atoms with van der Waals surface area (Å²) in [4.78, 5) is 26.9. The highest BCUT2D eigenvalue weighted by Crippen LogP contribution is 2.32. The number of rotatable bonds is 3. The second-order valence-corrected chi connectivity index (χ2v) is 6.64. The van der Waals surface area contributed by atoms with Crippen molar-refractivity contribution < 1.29 is 9.59 Å². The van der Waals surface area contributed by atoms with Crippen LogP contribution in [0.25, 0.3) is 10.4 Å². The molecule has 2 heterocycles. The molecule has 0 spiro atoms. The number of nitrogen functional groups attached to an aromatic ring is 1. The van der Waals surface area contributed by atoms with Crippen molar-refractivity contribution in [3.05, 3.63) is 35.7 Å². The fourth-order valence-electron chi connectivity index (χ4n) is 2.82. The molecule has 1 aliphatic rings. The Balaban J connectivity index is 1.86. The molecule has 0 bridgehead atoms. The van der Waals surface area contributed by atoms with E-state index in [0.29, 0.717) is 24.3 Å². The number of nitrogens with zero attached hydrogens (tertiary/aromatic N) is 1. The third-order valence-corrected chi connectivity index (χ3v) is 5.04. The van der Waals surface area contributed by atoms with Crippen LogP contribution in [0, 0.1) is 5.92 Å². The third kappa shape index (κ3) is 3.22. The zero-order valence-corrected chi connectivity index (χ0v) is 13.7. The summed E-state index contributed by atoms with van der Waals surface area (Å²) in [6.45, 7) is 0.549. The molecule has 5 nitrogen and oxygen atoms in total. The highest BCUT2D eigenvalue weighted by Gasteiger charge is 2.29. The van der Waals surface area contributed by atoms with E-state index in [1.54, 1.807) is 23.3 Å². The first-order valence-corrected chi connectivity index (χ1v) is 8.42. The maximum atomic E-state index is 12.7. The molecule has 3 N–H and O–H groups in total. The monoisotopic (exact) mass is 329 g/mol. The van der Waals surface area contributed by atoms with E-state index in [1.165, 1.54) is 0 Å². The van der Waals surface area contributed by atoms with E-state index in [2.05, 4.69) is 5.32 Å². The number of nitrogens with one attached hydrogen (secondary N) is 1. The van der Waals surface area contributed by atoms with Crippen LogP contribution in [0.2, 0.25) is 0 Å². The van der Waals surface area contributed by atoms with Crippen LogP contribution in [0.5, 0.6) is 0 Å². The average molecular weight is 329 g/mol. The first kappa shape index (κ1) is 15.6. The van der Waals surface area contributed by atoms with Gasteiger partial charge in [0, 0.05) is 30.8 Å². The Morgan fingerprint density at radius 3 is 2.91 bits per heavy atom. The smallest absolute Gasteiger partial charge is 0.230 e. The predicted molar refractivity (Wildman–Crippen MR) is 93.3 cm³/mol. The van der Waals surface area contributed by atoms with Crippen molar-refractivity contribution in [1.29, 1.82) is 0 Å². The van der Waals surface area contributed by atoms with Gasteiger partial charge in [0.15, 0.2) is 0 Å². The minimum atomic E-state index is -0.279. The Morgan fingerprint density at radius 1 is 1.39 bits per heavy atom. The van der Waals surface area contributed by atoms with Crippen LogP contribution in [0.3, 0.4) is 0 Å². The Labute approximate surface area is 139 Å². The first-order valence-electron chi connectivity index (χ1n) is 7.54. The summed E-state index contributed by atoms with van der Waals surface area (Å²) >= 11 is 1.64. The molecule has 120 valence electrons. The summed E-state index contributed by atoms with van der Waals surface area (Å²) in [5.74, 6) is -0.406. The molecule has 1 unspecified atom stereocenters. The Bertz CT molecular complexity index is 727. The summed E-state index contributed by atoms with van der Waals surface area (Å²) < 4.78 is 0. The van der Waals surface area contributed by atoms with Crippen molar-refractivity contribution in [2.45, 2.75) is 12.8 Å². The molecule has 23 heavy (non-hydrogen) atoms. The Kier molecular flexibility index (Phi) is 4.34. The first-order chi connectivity index (χ1) is 11.1. The number of thiophene rings is 1. The molecule has 1 saturated heterocycles. The minimum Gasteiger partial charge on any atom is -0.397 e. The van der Waals surface area contributed by atoms with Crippen molar-refractivity contribution in [3.63, 3.8) is 0 Å². The minimum absolute atomic E-state index is 0.0603. The largest absolute Gasteiger partial charge is 0.397 e. The molecule has 1 aliphatic heterocycles. The maximum absolute atomic E-state index is 12.7. The molecule has 1 atom stereocenters. The normalized spacial score (nSPS) is 17.6. The number of anilines is 2. The summed E-state index contributed by atoms with van der Waals surface area (Å²) in [6, 6.07) is 9.74. The lowest BCUT2D eigenvalue weighted by molar-refractivity contribution is -0.130. The fraction of sp³-hybridized carbons (Fsp3) is 0.294. The van der Waals surface area contributed by atoms with Gasteiger partial charge in [-0.25, -0.2) is 0 Å². The number of hydrogen-bond donors (Lipinski definition) is 2.